The average Bonchev–Trinajstić information content (AvgIpc) is 2.98. The van der Waals surface area contributed by atoms with Crippen LogP contribution >= 0.6 is 11.8 Å². The molecule has 4 aromatic carbocycles. The zero-order valence-corrected chi connectivity index (χ0v) is 24.3. The summed E-state index contributed by atoms with van der Waals surface area (Å²) in [4.78, 5) is 15.6. The molecule has 12 heteroatoms. The number of hydrogen-bond acceptors (Lipinski definition) is 8. The summed E-state index contributed by atoms with van der Waals surface area (Å²) >= 11 is 1.71. The fourth-order valence-corrected chi connectivity index (χ4v) is 6.46. The van der Waals surface area contributed by atoms with Gasteiger partial charge < -0.3 is 0 Å². The molecule has 212 valence electrons. The lowest BCUT2D eigenvalue weighted by Gasteiger charge is -2.23. The summed E-state index contributed by atoms with van der Waals surface area (Å²) in [5, 5.41) is 0. The molecular formula is C29H28N4O5S3. The van der Waals surface area contributed by atoms with Crippen LogP contribution < -0.4 is 4.72 Å². The van der Waals surface area contributed by atoms with Crippen molar-refractivity contribution in [3.8, 4) is 0 Å². The number of carbonyl (C=O) groups is 1. The third-order valence-electron chi connectivity index (χ3n) is 6.07. The molecule has 0 saturated carbocycles. The number of rotatable bonds is 13. The van der Waals surface area contributed by atoms with Crippen LogP contribution in [0.25, 0.3) is 0 Å². The molecule has 0 aromatic heterocycles. The van der Waals surface area contributed by atoms with Crippen molar-refractivity contribution in [1.82, 2.24) is 9.62 Å². The summed E-state index contributed by atoms with van der Waals surface area (Å²) in [5.41, 5.74) is 8.87. The summed E-state index contributed by atoms with van der Waals surface area (Å²) in [6, 6.07) is 30.8. The van der Waals surface area contributed by atoms with Gasteiger partial charge in [0.05, 0.1) is 9.79 Å². The second kappa shape index (κ2) is 13.7. The first-order valence-electron chi connectivity index (χ1n) is 12.5. The largest absolute Gasteiger partial charge is 0.299 e. The third-order valence-corrected chi connectivity index (χ3v) is 9.52. The first-order valence-corrected chi connectivity index (χ1v) is 16.4. The number of thioether (sulfide) groups is 1. The van der Waals surface area contributed by atoms with Gasteiger partial charge in [0.25, 0.3) is 26.0 Å². The van der Waals surface area contributed by atoms with Crippen molar-refractivity contribution in [3.05, 3.63) is 126 Å². The second-order valence-corrected chi connectivity index (χ2v) is 13.5. The number of benzene rings is 4. The van der Waals surface area contributed by atoms with Crippen molar-refractivity contribution in [1.29, 1.82) is 5.53 Å². The van der Waals surface area contributed by atoms with Gasteiger partial charge in [-0.15, -0.1) is 11.8 Å². The Morgan fingerprint density at radius 1 is 0.732 bits per heavy atom. The minimum Gasteiger partial charge on any atom is -0.294 e. The highest BCUT2D eigenvalue weighted by Gasteiger charge is 2.19. The molecule has 4 aromatic rings. The molecule has 0 bridgehead atoms. The van der Waals surface area contributed by atoms with Crippen molar-refractivity contribution in [3.63, 3.8) is 0 Å². The van der Waals surface area contributed by atoms with Crippen molar-refractivity contribution in [2.75, 3.05) is 12.3 Å². The highest BCUT2D eigenvalue weighted by molar-refractivity contribution is 7.99. The van der Waals surface area contributed by atoms with E-state index in [2.05, 4.69) is 14.1 Å². The van der Waals surface area contributed by atoms with Crippen LogP contribution in [-0.4, -0.2) is 39.9 Å². The molecule has 0 spiro atoms. The molecule has 0 aliphatic heterocycles. The number of hydrogen-bond donors (Lipinski definition) is 2. The quantitative estimate of drug-likeness (QED) is 0.155. The summed E-state index contributed by atoms with van der Waals surface area (Å²) in [6.07, 6.45) is 0. The first-order chi connectivity index (χ1) is 19.7. The molecule has 2 N–H and O–H groups in total. The molecule has 0 saturated heterocycles. The Morgan fingerprint density at radius 3 is 1.78 bits per heavy atom. The monoisotopic (exact) mass is 608 g/mol. The fraction of sp³-hybridized carbons (Fsp3) is 0.138. The topological polar surface area (TPSA) is 137 Å². The van der Waals surface area contributed by atoms with Gasteiger partial charge in [-0.25, -0.2) is 13.1 Å². The number of sulfonamides is 2. The summed E-state index contributed by atoms with van der Waals surface area (Å²) in [5.74, 6) is 0.0959. The highest BCUT2D eigenvalue weighted by atomic mass is 32.2. The van der Waals surface area contributed by atoms with Gasteiger partial charge in [-0.1, -0.05) is 65.2 Å². The van der Waals surface area contributed by atoms with E-state index in [-0.39, 0.29) is 15.4 Å². The summed E-state index contributed by atoms with van der Waals surface area (Å²) in [7, 11) is -8.03. The van der Waals surface area contributed by atoms with Crippen molar-refractivity contribution >= 4 is 37.7 Å². The Labute approximate surface area is 244 Å². The number of nitrogens with zero attached hydrogens (tertiary/aromatic N) is 2. The molecule has 0 radical (unpaired) electrons. The van der Waals surface area contributed by atoms with E-state index in [4.69, 9.17) is 5.53 Å². The lowest BCUT2D eigenvalue weighted by atomic mass is 10.1. The summed E-state index contributed by atoms with van der Waals surface area (Å²) < 4.78 is 54.1. The molecule has 0 aliphatic carbocycles. The minimum absolute atomic E-state index is 0.0201. The van der Waals surface area contributed by atoms with E-state index < -0.39 is 26.0 Å². The van der Waals surface area contributed by atoms with E-state index in [1.165, 1.54) is 36.4 Å². The van der Waals surface area contributed by atoms with Crippen molar-refractivity contribution in [2.45, 2.75) is 27.8 Å². The van der Waals surface area contributed by atoms with E-state index in [0.717, 1.165) is 21.8 Å². The average molecular weight is 609 g/mol. The van der Waals surface area contributed by atoms with Crippen LogP contribution in [0.5, 0.6) is 0 Å². The van der Waals surface area contributed by atoms with Gasteiger partial charge in [-0.05, 0) is 59.7 Å². The lowest BCUT2D eigenvalue weighted by molar-refractivity contribution is 0.0981. The van der Waals surface area contributed by atoms with Crippen molar-refractivity contribution < 1.29 is 21.6 Å². The van der Waals surface area contributed by atoms with Crippen LogP contribution in [0.3, 0.4) is 0 Å². The molecule has 0 unspecified atom stereocenters. The van der Waals surface area contributed by atoms with E-state index in [9.17, 15) is 21.6 Å². The van der Waals surface area contributed by atoms with Gasteiger partial charge in [-0.2, -0.15) is 13.9 Å². The third kappa shape index (κ3) is 8.57. The standard InChI is InChI=1S/C29H28N4O5S3/c30-32-41(37,38)28-17-13-24(14-18-28)22-33(19-20-39-26-9-5-2-6-10-26)21-23-11-15-27(16-12-23)40(35,36)31-29(34)25-7-3-1-4-8-25/h1-18,30H,19-22H2,(H,31,34). The molecule has 1 amide bonds. The van der Waals surface area contributed by atoms with Crippen LogP contribution in [-0.2, 0) is 33.1 Å². The van der Waals surface area contributed by atoms with E-state index in [1.54, 1.807) is 54.2 Å². The Balaban J connectivity index is 1.46. The van der Waals surface area contributed by atoms with Gasteiger partial charge in [-0.3, -0.25) is 9.69 Å². The maximum atomic E-state index is 12.8. The van der Waals surface area contributed by atoms with Gasteiger partial charge in [0, 0.05) is 35.8 Å². The van der Waals surface area contributed by atoms with E-state index in [1.807, 2.05) is 30.3 Å². The van der Waals surface area contributed by atoms with Gasteiger partial charge in [0.2, 0.25) is 0 Å². The molecule has 9 nitrogen and oxygen atoms in total. The predicted molar refractivity (Wildman–Crippen MR) is 158 cm³/mol. The maximum Gasteiger partial charge on any atom is 0.299 e. The van der Waals surface area contributed by atoms with Crippen molar-refractivity contribution in [2.24, 2.45) is 4.52 Å². The predicted octanol–water partition coefficient (Wildman–Crippen LogP) is 5.32. The zero-order chi connectivity index (χ0) is 29.3. The highest BCUT2D eigenvalue weighted by Crippen LogP contribution is 2.20. The van der Waals surface area contributed by atoms with Gasteiger partial charge in [0.1, 0.15) is 0 Å². The molecule has 0 fully saturated rings. The Hall–Kier alpha value is -3.84. The maximum absolute atomic E-state index is 12.8. The second-order valence-electron chi connectivity index (χ2n) is 9.03. The van der Waals surface area contributed by atoms with Crippen LogP contribution in [0.4, 0.5) is 0 Å². The Kier molecular flexibility index (Phi) is 10.1. The van der Waals surface area contributed by atoms with Crippen LogP contribution in [0.1, 0.15) is 21.5 Å². The SMILES string of the molecule is N=NS(=O)(=O)c1ccc(CN(CCSc2ccccc2)Cc2ccc(S(=O)(=O)NC(=O)c3ccccc3)cc2)cc1. The molecule has 0 atom stereocenters. The molecule has 0 heterocycles. The van der Waals surface area contributed by atoms with E-state index in [0.29, 0.717) is 19.6 Å². The van der Waals surface area contributed by atoms with Gasteiger partial charge in [0.15, 0.2) is 0 Å². The van der Waals surface area contributed by atoms with Crippen LogP contribution in [0, 0.1) is 5.53 Å². The zero-order valence-electron chi connectivity index (χ0n) is 21.9. The first kappa shape index (κ1) is 30.1. The number of carbonyl (C=O) groups excluding carboxylic acids is 1. The minimum atomic E-state index is -4.05. The summed E-state index contributed by atoms with van der Waals surface area (Å²) in [6.45, 7) is 1.73. The molecular weight excluding hydrogens is 581 g/mol. The van der Waals surface area contributed by atoms with Crippen LogP contribution in [0.2, 0.25) is 0 Å². The van der Waals surface area contributed by atoms with E-state index >= 15 is 0 Å². The Bertz CT molecular complexity index is 1680. The molecule has 4 rings (SSSR count). The lowest BCUT2D eigenvalue weighted by Crippen LogP contribution is -2.30. The number of nitrogens with one attached hydrogen (secondary N) is 2. The normalized spacial score (nSPS) is 11.7. The molecule has 0 aliphatic rings. The number of amides is 1. The fourth-order valence-electron chi connectivity index (χ4n) is 3.96. The van der Waals surface area contributed by atoms with Gasteiger partial charge >= 0.3 is 0 Å². The smallest absolute Gasteiger partial charge is 0.294 e. The van der Waals surface area contributed by atoms with Crippen LogP contribution in [0.15, 0.2) is 128 Å². The molecule has 41 heavy (non-hydrogen) atoms. The Morgan fingerprint density at radius 2 is 1.24 bits per heavy atom.